The summed E-state index contributed by atoms with van der Waals surface area (Å²) in [5, 5.41) is 12.4. The second kappa shape index (κ2) is 6.14. The monoisotopic (exact) mass is 315 g/mol. The van der Waals surface area contributed by atoms with Crippen molar-refractivity contribution in [1.29, 1.82) is 0 Å². The van der Waals surface area contributed by atoms with E-state index in [1.165, 1.54) is 31.9 Å². The van der Waals surface area contributed by atoms with Crippen molar-refractivity contribution in [2.24, 2.45) is 0 Å². The van der Waals surface area contributed by atoms with Gasteiger partial charge in [0.25, 0.3) is 5.91 Å². The Bertz CT molecular complexity index is 652. The molecule has 1 aliphatic heterocycles. The van der Waals surface area contributed by atoms with Gasteiger partial charge in [0, 0.05) is 31.3 Å². The topological polar surface area (TPSA) is 77.0 Å². The van der Waals surface area contributed by atoms with Crippen molar-refractivity contribution in [3.05, 3.63) is 29.9 Å². The van der Waals surface area contributed by atoms with Gasteiger partial charge in [0.15, 0.2) is 5.69 Å². The van der Waals surface area contributed by atoms with Gasteiger partial charge in [0.05, 0.1) is 11.7 Å². The Kier molecular flexibility index (Phi) is 3.85. The first-order chi connectivity index (χ1) is 11.3. The molecule has 7 heteroatoms. The molecule has 2 aliphatic rings. The second-order valence-corrected chi connectivity index (χ2v) is 6.51. The van der Waals surface area contributed by atoms with Gasteiger partial charge in [-0.1, -0.05) is 23.2 Å². The van der Waals surface area contributed by atoms with E-state index in [9.17, 15) is 4.79 Å². The van der Waals surface area contributed by atoms with E-state index in [1.54, 1.807) is 6.07 Å². The number of likely N-dealkylation sites (tertiary alicyclic amines) is 1. The van der Waals surface area contributed by atoms with Crippen LogP contribution in [0.25, 0.3) is 0 Å². The third-order valence-electron chi connectivity index (χ3n) is 5.08. The zero-order chi connectivity index (χ0) is 15.6. The molecule has 0 atom stereocenters. The highest BCUT2D eigenvalue weighted by atomic mass is 16.5. The zero-order valence-electron chi connectivity index (χ0n) is 13.1. The molecular formula is C16H21N5O2. The van der Waals surface area contributed by atoms with Gasteiger partial charge in [-0.25, -0.2) is 4.68 Å². The minimum absolute atomic E-state index is 0.0533. The number of aromatic nitrogens is 4. The molecule has 2 fully saturated rings. The van der Waals surface area contributed by atoms with Gasteiger partial charge >= 0.3 is 0 Å². The van der Waals surface area contributed by atoms with Crippen LogP contribution in [0.15, 0.2) is 23.0 Å². The van der Waals surface area contributed by atoms with E-state index in [1.807, 2.05) is 9.58 Å². The first-order valence-electron chi connectivity index (χ1n) is 8.42. The maximum atomic E-state index is 12.3. The van der Waals surface area contributed by atoms with Crippen LogP contribution in [0.5, 0.6) is 0 Å². The molecule has 2 aromatic rings. The van der Waals surface area contributed by atoms with Crippen LogP contribution in [-0.4, -0.2) is 44.0 Å². The standard InChI is InChI=1S/C16H21N5O2/c22-16(14-7-10-23-18-14)20-8-5-13(6-9-20)21-11-15(17-19-21)12-3-1-2-4-12/h7,10-13H,1-6,8-9H2. The molecule has 1 amide bonds. The number of rotatable bonds is 3. The Morgan fingerprint density at radius 2 is 1.96 bits per heavy atom. The van der Waals surface area contributed by atoms with E-state index in [0.29, 0.717) is 17.7 Å². The van der Waals surface area contributed by atoms with Crippen molar-refractivity contribution in [3.63, 3.8) is 0 Å². The van der Waals surface area contributed by atoms with Gasteiger partial charge in [-0.3, -0.25) is 4.79 Å². The normalized spacial score (nSPS) is 20.3. The van der Waals surface area contributed by atoms with E-state index in [2.05, 4.69) is 21.7 Å². The molecule has 2 aromatic heterocycles. The van der Waals surface area contributed by atoms with Crippen LogP contribution < -0.4 is 0 Å². The molecule has 7 nitrogen and oxygen atoms in total. The third kappa shape index (κ3) is 2.87. The molecule has 0 spiro atoms. The average molecular weight is 315 g/mol. The molecule has 23 heavy (non-hydrogen) atoms. The van der Waals surface area contributed by atoms with Crippen molar-refractivity contribution >= 4 is 5.91 Å². The molecule has 1 saturated carbocycles. The largest absolute Gasteiger partial charge is 0.364 e. The number of hydrogen-bond acceptors (Lipinski definition) is 5. The van der Waals surface area contributed by atoms with E-state index in [0.717, 1.165) is 31.6 Å². The van der Waals surface area contributed by atoms with Crippen LogP contribution >= 0.6 is 0 Å². The molecule has 3 heterocycles. The Labute approximate surface area is 134 Å². The lowest BCUT2D eigenvalue weighted by Gasteiger charge is -2.31. The Balaban J connectivity index is 1.37. The summed E-state index contributed by atoms with van der Waals surface area (Å²) in [7, 11) is 0. The summed E-state index contributed by atoms with van der Waals surface area (Å²) in [6.45, 7) is 1.43. The van der Waals surface area contributed by atoms with Crippen LogP contribution in [-0.2, 0) is 0 Å². The third-order valence-corrected chi connectivity index (χ3v) is 5.08. The molecular weight excluding hydrogens is 294 g/mol. The maximum absolute atomic E-state index is 12.3. The summed E-state index contributed by atoms with van der Waals surface area (Å²) in [6.07, 6.45) is 10.4. The Morgan fingerprint density at radius 3 is 2.65 bits per heavy atom. The van der Waals surface area contributed by atoms with Crippen molar-refractivity contribution in [2.45, 2.75) is 50.5 Å². The van der Waals surface area contributed by atoms with Crippen LogP contribution in [0.2, 0.25) is 0 Å². The molecule has 0 N–H and O–H groups in total. The smallest absolute Gasteiger partial charge is 0.276 e. The number of carbonyl (C=O) groups excluding carboxylic acids is 1. The number of nitrogens with zero attached hydrogens (tertiary/aromatic N) is 5. The van der Waals surface area contributed by atoms with E-state index in [4.69, 9.17) is 4.52 Å². The molecule has 122 valence electrons. The number of hydrogen-bond donors (Lipinski definition) is 0. The molecule has 0 radical (unpaired) electrons. The molecule has 0 aromatic carbocycles. The van der Waals surface area contributed by atoms with Crippen LogP contribution in [0.1, 0.15) is 66.7 Å². The van der Waals surface area contributed by atoms with Crippen molar-refractivity contribution in [2.75, 3.05) is 13.1 Å². The zero-order valence-corrected chi connectivity index (χ0v) is 13.1. The van der Waals surface area contributed by atoms with Gasteiger partial charge in [-0.05, 0) is 25.7 Å². The number of piperidine rings is 1. The van der Waals surface area contributed by atoms with E-state index < -0.39 is 0 Å². The predicted octanol–water partition coefficient (Wildman–Crippen LogP) is 2.40. The molecule has 1 saturated heterocycles. The molecule has 0 unspecified atom stereocenters. The Hall–Kier alpha value is -2.18. The van der Waals surface area contributed by atoms with Crippen LogP contribution in [0, 0.1) is 0 Å². The fourth-order valence-corrected chi connectivity index (χ4v) is 3.70. The lowest BCUT2D eigenvalue weighted by atomic mass is 10.0. The highest BCUT2D eigenvalue weighted by Gasteiger charge is 2.27. The molecule has 4 rings (SSSR count). The Morgan fingerprint density at radius 1 is 1.17 bits per heavy atom. The second-order valence-electron chi connectivity index (χ2n) is 6.51. The first kappa shape index (κ1) is 14.4. The summed E-state index contributed by atoms with van der Waals surface area (Å²) < 4.78 is 6.75. The lowest BCUT2D eigenvalue weighted by Crippen LogP contribution is -2.39. The fourth-order valence-electron chi connectivity index (χ4n) is 3.70. The SMILES string of the molecule is O=C(c1ccon1)N1CCC(n2cc(C3CCCC3)nn2)CC1. The number of amides is 1. The molecule has 1 aliphatic carbocycles. The minimum atomic E-state index is -0.0533. The predicted molar refractivity (Wildman–Crippen MR) is 81.9 cm³/mol. The molecule has 0 bridgehead atoms. The van der Waals surface area contributed by atoms with Gasteiger partial charge in [0.1, 0.15) is 6.26 Å². The van der Waals surface area contributed by atoms with E-state index >= 15 is 0 Å². The van der Waals surface area contributed by atoms with Gasteiger partial charge < -0.3 is 9.42 Å². The van der Waals surface area contributed by atoms with E-state index in [-0.39, 0.29) is 5.91 Å². The highest BCUT2D eigenvalue weighted by molar-refractivity contribution is 5.92. The average Bonchev–Trinajstić information content (AvgIpc) is 3.36. The minimum Gasteiger partial charge on any atom is -0.364 e. The summed E-state index contributed by atoms with van der Waals surface area (Å²) >= 11 is 0. The summed E-state index contributed by atoms with van der Waals surface area (Å²) in [5.74, 6) is 0.542. The first-order valence-corrected chi connectivity index (χ1v) is 8.42. The van der Waals surface area contributed by atoms with Crippen molar-refractivity contribution in [3.8, 4) is 0 Å². The lowest BCUT2D eigenvalue weighted by molar-refractivity contribution is 0.0679. The summed E-state index contributed by atoms with van der Waals surface area (Å²) in [4.78, 5) is 14.1. The van der Waals surface area contributed by atoms with Crippen molar-refractivity contribution in [1.82, 2.24) is 25.1 Å². The van der Waals surface area contributed by atoms with Crippen LogP contribution in [0.4, 0.5) is 0 Å². The van der Waals surface area contributed by atoms with Gasteiger partial charge in [0.2, 0.25) is 0 Å². The summed E-state index contributed by atoms with van der Waals surface area (Å²) in [6, 6.07) is 1.94. The van der Waals surface area contributed by atoms with Gasteiger partial charge in [-0.2, -0.15) is 0 Å². The maximum Gasteiger partial charge on any atom is 0.276 e. The summed E-state index contributed by atoms with van der Waals surface area (Å²) in [5.41, 5.74) is 1.52. The fraction of sp³-hybridized carbons (Fsp3) is 0.625. The van der Waals surface area contributed by atoms with Crippen LogP contribution in [0.3, 0.4) is 0 Å². The quantitative estimate of drug-likeness (QED) is 0.869. The highest BCUT2D eigenvalue weighted by Crippen LogP contribution is 2.33. The van der Waals surface area contributed by atoms with Gasteiger partial charge in [-0.15, -0.1) is 5.10 Å². The number of carbonyl (C=O) groups is 1. The van der Waals surface area contributed by atoms with Crippen molar-refractivity contribution < 1.29 is 9.32 Å².